The first-order valence-corrected chi connectivity index (χ1v) is 8.87. The Labute approximate surface area is 143 Å². The molecule has 0 bridgehead atoms. The van der Waals surface area contributed by atoms with Gasteiger partial charge in [0.2, 0.25) is 11.9 Å². The third-order valence-corrected chi connectivity index (χ3v) is 4.87. The molecule has 0 unspecified atom stereocenters. The van der Waals surface area contributed by atoms with Gasteiger partial charge in [-0.2, -0.15) is 15.0 Å². The van der Waals surface area contributed by atoms with Crippen LogP contribution in [0.4, 0.5) is 17.0 Å². The Morgan fingerprint density at radius 2 is 1.67 bits per heavy atom. The normalized spacial score (nSPS) is 18.8. The second-order valence-corrected chi connectivity index (χ2v) is 6.72. The van der Waals surface area contributed by atoms with Gasteiger partial charge in [-0.25, -0.2) is 4.98 Å². The Kier molecular flexibility index (Phi) is 4.41. The molecule has 0 amide bonds. The lowest BCUT2D eigenvalue weighted by Gasteiger charge is -2.30. The molecule has 0 atom stereocenters. The fourth-order valence-electron chi connectivity index (χ4n) is 2.77. The highest BCUT2D eigenvalue weighted by molar-refractivity contribution is 7.18. The van der Waals surface area contributed by atoms with Crippen LogP contribution in [0.25, 0.3) is 10.7 Å². The van der Waals surface area contributed by atoms with Gasteiger partial charge in [0.15, 0.2) is 11.0 Å². The molecule has 0 aliphatic carbocycles. The quantitative estimate of drug-likeness (QED) is 0.781. The second kappa shape index (κ2) is 6.83. The zero-order valence-corrected chi connectivity index (χ0v) is 14.1. The Hall–Kier alpha value is -2.04. The maximum absolute atomic E-state index is 5.77. The summed E-state index contributed by atoms with van der Waals surface area (Å²) in [5, 5.41) is 3.86. The van der Waals surface area contributed by atoms with Crippen LogP contribution < -0.4 is 20.9 Å². The van der Waals surface area contributed by atoms with E-state index in [4.69, 9.17) is 15.5 Å². The van der Waals surface area contributed by atoms with Crippen LogP contribution in [-0.4, -0.2) is 72.4 Å². The predicted octanol–water partition coefficient (Wildman–Crippen LogP) is -0.176. The maximum Gasteiger partial charge on any atom is 0.230 e. The number of nitrogens with zero attached hydrogens (tertiary/aromatic N) is 6. The molecule has 24 heavy (non-hydrogen) atoms. The van der Waals surface area contributed by atoms with E-state index < -0.39 is 0 Å². The summed E-state index contributed by atoms with van der Waals surface area (Å²) in [5.74, 6) is 2.05. The number of piperazine rings is 1. The highest BCUT2D eigenvalue weighted by atomic mass is 32.1. The molecule has 128 valence electrons. The Balaban J connectivity index is 1.71. The molecule has 0 saturated carbocycles. The van der Waals surface area contributed by atoms with Gasteiger partial charge in [-0.1, -0.05) is 11.3 Å². The predicted molar refractivity (Wildman–Crippen MR) is 93.5 cm³/mol. The van der Waals surface area contributed by atoms with Crippen molar-refractivity contribution in [3.63, 3.8) is 0 Å². The lowest BCUT2D eigenvalue weighted by Crippen LogP contribution is -2.44. The van der Waals surface area contributed by atoms with Gasteiger partial charge in [-0.05, 0) is 0 Å². The van der Waals surface area contributed by atoms with Crippen LogP contribution in [0.15, 0.2) is 6.20 Å². The van der Waals surface area contributed by atoms with Crippen molar-refractivity contribution in [2.24, 2.45) is 0 Å². The lowest BCUT2D eigenvalue weighted by atomic mass is 10.4. The third-order valence-electron chi connectivity index (χ3n) is 4.05. The molecule has 2 fully saturated rings. The Morgan fingerprint density at radius 3 is 2.29 bits per heavy atom. The number of hydrogen-bond acceptors (Lipinski definition) is 10. The molecule has 0 aromatic carbocycles. The van der Waals surface area contributed by atoms with Gasteiger partial charge >= 0.3 is 0 Å². The average molecular weight is 348 g/mol. The van der Waals surface area contributed by atoms with Crippen molar-refractivity contribution in [2.45, 2.75) is 0 Å². The van der Waals surface area contributed by atoms with E-state index in [1.807, 2.05) is 0 Å². The maximum atomic E-state index is 5.77. The van der Waals surface area contributed by atoms with Crippen LogP contribution in [0.2, 0.25) is 0 Å². The first-order chi connectivity index (χ1) is 11.8. The van der Waals surface area contributed by atoms with Crippen molar-refractivity contribution >= 4 is 28.4 Å². The molecule has 2 aliphatic rings. The number of morpholine rings is 1. The Bertz CT molecular complexity index is 660. The average Bonchev–Trinajstić information content (AvgIpc) is 3.09. The van der Waals surface area contributed by atoms with Crippen LogP contribution in [0.3, 0.4) is 0 Å². The van der Waals surface area contributed by atoms with Crippen molar-refractivity contribution in [2.75, 3.05) is 68.0 Å². The molecule has 0 radical (unpaired) electrons. The summed E-state index contributed by atoms with van der Waals surface area (Å²) in [5.41, 5.74) is 5.77. The number of nitrogens with two attached hydrogens (primary N) is 1. The molecule has 10 heteroatoms. The number of ether oxygens (including phenoxy) is 1. The van der Waals surface area contributed by atoms with Crippen molar-refractivity contribution in [1.82, 2.24) is 25.3 Å². The van der Waals surface area contributed by atoms with Gasteiger partial charge in [-0.15, -0.1) is 0 Å². The van der Waals surface area contributed by atoms with Crippen molar-refractivity contribution < 1.29 is 4.74 Å². The second-order valence-electron chi connectivity index (χ2n) is 5.66. The summed E-state index contributed by atoms with van der Waals surface area (Å²) < 4.78 is 5.43. The number of nitrogen functional groups attached to an aromatic ring is 1. The smallest absolute Gasteiger partial charge is 0.230 e. The van der Waals surface area contributed by atoms with E-state index in [-0.39, 0.29) is 0 Å². The van der Waals surface area contributed by atoms with Gasteiger partial charge in [0.05, 0.1) is 24.3 Å². The van der Waals surface area contributed by atoms with E-state index >= 15 is 0 Å². The summed E-state index contributed by atoms with van der Waals surface area (Å²) in [7, 11) is 0. The minimum absolute atomic E-state index is 0.516. The molecule has 4 heterocycles. The van der Waals surface area contributed by atoms with E-state index in [1.165, 1.54) is 11.3 Å². The fraction of sp³-hybridized carbons (Fsp3) is 0.571. The highest BCUT2D eigenvalue weighted by Gasteiger charge is 2.21. The van der Waals surface area contributed by atoms with Crippen LogP contribution in [0.1, 0.15) is 0 Å². The topological polar surface area (TPSA) is 105 Å². The number of hydrogen-bond donors (Lipinski definition) is 2. The molecule has 2 saturated heterocycles. The van der Waals surface area contributed by atoms with Gasteiger partial charge in [0, 0.05) is 39.3 Å². The highest BCUT2D eigenvalue weighted by Crippen LogP contribution is 2.27. The number of nitrogens with one attached hydrogen (secondary N) is 1. The van der Waals surface area contributed by atoms with Gasteiger partial charge in [0.1, 0.15) is 0 Å². The van der Waals surface area contributed by atoms with Crippen molar-refractivity contribution in [3.8, 4) is 10.7 Å². The molecule has 2 aliphatic heterocycles. The first-order valence-electron chi connectivity index (χ1n) is 8.06. The van der Waals surface area contributed by atoms with E-state index in [9.17, 15) is 0 Å². The molecular formula is C14H20N8OS. The fourth-order valence-corrected chi connectivity index (χ4v) is 3.38. The largest absolute Gasteiger partial charge is 0.378 e. The van der Waals surface area contributed by atoms with Gasteiger partial charge in [-0.3, -0.25) is 0 Å². The monoisotopic (exact) mass is 348 g/mol. The van der Waals surface area contributed by atoms with E-state index in [0.717, 1.165) is 50.1 Å². The van der Waals surface area contributed by atoms with Crippen molar-refractivity contribution in [1.29, 1.82) is 0 Å². The molecular weight excluding hydrogens is 328 g/mol. The van der Waals surface area contributed by atoms with Crippen LogP contribution >= 0.6 is 11.3 Å². The van der Waals surface area contributed by atoms with E-state index in [2.05, 4.69) is 30.1 Å². The lowest BCUT2D eigenvalue weighted by molar-refractivity contribution is 0.122. The molecule has 4 rings (SSSR count). The molecule has 2 aromatic heterocycles. The summed E-state index contributed by atoms with van der Waals surface area (Å²) in [6, 6.07) is 0. The SMILES string of the molecule is Nc1ncc(-c2nc(N3CCNCC3)nc(N3CCOCC3)n2)s1. The zero-order chi connectivity index (χ0) is 16.4. The number of anilines is 3. The van der Waals surface area contributed by atoms with Crippen LogP contribution in [0.5, 0.6) is 0 Å². The van der Waals surface area contributed by atoms with E-state index in [1.54, 1.807) is 6.20 Å². The van der Waals surface area contributed by atoms with Crippen LogP contribution in [0, 0.1) is 0 Å². The Morgan fingerprint density at radius 1 is 1.00 bits per heavy atom. The number of thiazole rings is 1. The number of rotatable bonds is 3. The minimum atomic E-state index is 0.516. The molecule has 9 nitrogen and oxygen atoms in total. The third kappa shape index (κ3) is 3.25. The standard InChI is InChI=1S/C14H20N8OS/c15-12-17-9-10(24-12)11-18-13(21-3-1-16-2-4-21)20-14(19-11)22-5-7-23-8-6-22/h9,16H,1-8H2,(H2,15,17). The summed E-state index contributed by atoms with van der Waals surface area (Å²) in [6.45, 7) is 6.59. The van der Waals surface area contributed by atoms with Crippen LogP contribution in [-0.2, 0) is 4.74 Å². The zero-order valence-electron chi connectivity index (χ0n) is 13.3. The van der Waals surface area contributed by atoms with Gasteiger partial charge < -0.3 is 25.6 Å². The summed E-state index contributed by atoms with van der Waals surface area (Å²) >= 11 is 1.39. The van der Waals surface area contributed by atoms with Crippen molar-refractivity contribution in [3.05, 3.63) is 6.20 Å². The molecule has 3 N–H and O–H groups in total. The molecule has 2 aromatic rings. The summed E-state index contributed by atoms with van der Waals surface area (Å²) in [4.78, 5) is 23.3. The summed E-state index contributed by atoms with van der Waals surface area (Å²) in [6.07, 6.45) is 1.72. The minimum Gasteiger partial charge on any atom is -0.378 e. The van der Waals surface area contributed by atoms with E-state index in [0.29, 0.717) is 30.1 Å². The number of aromatic nitrogens is 4. The molecule has 0 spiro atoms. The first kappa shape index (κ1) is 15.5. The van der Waals surface area contributed by atoms with Gasteiger partial charge in [0.25, 0.3) is 0 Å².